The van der Waals surface area contributed by atoms with Crippen LogP contribution in [-0.2, 0) is 12.3 Å². The molecule has 0 radical (unpaired) electrons. The second kappa shape index (κ2) is 11.1. The van der Waals surface area contributed by atoms with Gasteiger partial charge in [0.25, 0.3) is 0 Å². The number of benzene rings is 3. The van der Waals surface area contributed by atoms with Gasteiger partial charge in [-0.25, -0.2) is 4.79 Å². The molecule has 0 aliphatic heterocycles. The lowest BCUT2D eigenvalue weighted by Gasteiger charge is -2.14. The minimum Gasteiger partial charge on any atom is -0.331 e. The maximum absolute atomic E-state index is 12.5. The maximum Gasteiger partial charge on any atom is 0.319 e. The minimum absolute atomic E-state index is 0.201. The third-order valence-electron chi connectivity index (χ3n) is 5.24. The highest BCUT2D eigenvalue weighted by Crippen LogP contribution is 2.29. The van der Waals surface area contributed by atoms with Crippen LogP contribution < -0.4 is 10.6 Å². The Morgan fingerprint density at radius 3 is 2.56 bits per heavy atom. The first kappa shape index (κ1) is 24.3. The molecular formula is C25H23BrClN5OS. The molecule has 1 aromatic heterocycles. The van der Waals surface area contributed by atoms with Gasteiger partial charge in [-0.1, -0.05) is 69.6 Å². The quantitative estimate of drug-likeness (QED) is 0.243. The molecule has 6 nitrogen and oxygen atoms in total. The fraction of sp³-hybridized carbons (Fsp3) is 0.160. The van der Waals surface area contributed by atoms with E-state index in [4.69, 9.17) is 11.6 Å². The monoisotopic (exact) mass is 555 g/mol. The molecular weight excluding hydrogens is 534 g/mol. The van der Waals surface area contributed by atoms with Crippen molar-refractivity contribution in [2.75, 3.05) is 5.32 Å². The highest BCUT2D eigenvalue weighted by atomic mass is 79.9. The predicted octanol–water partition coefficient (Wildman–Crippen LogP) is 6.91. The van der Waals surface area contributed by atoms with Gasteiger partial charge in [0.05, 0.1) is 12.2 Å². The first-order valence-corrected chi connectivity index (χ1v) is 12.7. The number of nitrogens with one attached hydrogen (secondary N) is 2. The number of amides is 2. The number of hydrogen-bond acceptors (Lipinski definition) is 4. The summed E-state index contributed by atoms with van der Waals surface area (Å²) in [5.74, 6) is 1.37. The molecule has 0 atom stereocenters. The summed E-state index contributed by atoms with van der Waals surface area (Å²) >= 11 is 11.3. The zero-order valence-electron chi connectivity index (χ0n) is 18.7. The standard InChI is InChI=1S/C25H23BrClN5OS/c1-16-5-3-4-6-18(16)15-34-25-31-30-23(32(25)22-13-20(27)10-7-17(22)2)14-28-24(33)29-21-11-8-19(26)9-12-21/h3-13H,14-15H2,1-2H3,(H2,28,29,33). The molecule has 1 heterocycles. The molecule has 4 aromatic rings. The first-order chi connectivity index (χ1) is 16.4. The molecule has 0 aliphatic rings. The highest BCUT2D eigenvalue weighted by Gasteiger charge is 2.18. The zero-order chi connectivity index (χ0) is 24.1. The van der Waals surface area contributed by atoms with Crippen molar-refractivity contribution in [1.82, 2.24) is 20.1 Å². The van der Waals surface area contributed by atoms with Crippen LogP contribution in [0.3, 0.4) is 0 Å². The molecule has 174 valence electrons. The molecule has 0 saturated carbocycles. The fourth-order valence-electron chi connectivity index (χ4n) is 3.36. The fourth-order valence-corrected chi connectivity index (χ4v) is 4.83. The lowest BCUT2D eigenvalue weighted by atomic mass is 10.1. The van der Waals surface area contributed by atoms with Gasteiger partial charge in [0.15, 0.2) is 11.0 Å². The Balaban J connectivity index is 1.56. The van der Waals surface area contributed by atoms with Crippen molar-refractivity contribution < 1.29 is 4.79 Å². The van der Waals surface area contributed by atoms with Gasteiger partial charge in [0.1, 0.15) is 0 Å². The average Bonchev–Trinajstić information content (AvgIpc) is 3.23. The van der Waals surface area contributed by atoms with Crippen LogP contribution >= 0.6 is 39.3 Å². The van der Waals surface area contributed by atoms with Crippen LogP contribution in [0.5, 0.6) is 0 Å². The summed E-state index contributed by atoms with van der Waals surface area (Å²) in [6.07, 6.45) is 0. The Kier molecular flexibility index (Phi) is 7.92. The van der Waals surface area contributed by atoms with Crippen LogP contribution in [0.25, 0.3) is 5.69 Å². The summed E-state index contributed by atoms with van der Waals surface area (Å²) in [4.78, 5) is 12.5. The highest BCUT2D eigenvalue weighted by molar-refractivity contribution is 9.10. The molecule has 0 fully saturated rings. The largest absolute Gasteiger partial charge is 0.331 e. The van der Waals surface area contributed by atoms with E-state index >= 15 is 0 Å². The molecule has 3 aromatic carbocycles. The molecule has 9 heteroatoms. The number of thioether (sulfide) groups is 1. The molecule has 0 unspecified atom stereocenters. The van der Waals surface area contributed by atoms with Crippen molar-refractivity contribution >= 4 is 51.0 Å². The zero-order valence-corrected chi connectivity index (χ0v) is 21.8. The van der Waals surface area contributed by atoms with Gasteiger partial charge in [-0.05, 0) is 66.9 Å². The SMILES string of the molecule is Cc1ccccc1CSc1nnc(CNC(=O)Nc2ccc(Br)cc2)n1-c1cc(Cl)ccc1C. The molecule has 2 amide bonds. The summed E-state index contributed by atoms with van der Waals surface area (Å²) in [5.41, 5.74) is 5.07. The maximum atomic E-state index is 12.5. The van der Waals surface area contributed by atoms with E-state index in [0.29, 0.717) is 16.5 Å². The van der Waals surface area contributed by atoms with Crippen LogP contribution in [0, 0.1) is 13.8 Å². The minimum atomic E-state index is -0.325. The van der Waals surface area contributed by atoms with Crippen molar-refractivity contribution in [3.63, 3.8) is 0 Å². The number of carbonyl (C=O) groups excluding carboxylic acids is 1. The Bertz CT molecular complexity index is 1310. The number of nitrogens with zero attached hydrogens (tertiary/aromatic N) is 3. The van der Waals surface area contributed by atoms with E-state index in [-0.39, 0.29) is 12.6 Å². The normalized spacial score (nSPS) is 10.8. The smallest absolute Gasteiger partial charge is 0.319 e. The molecule has 0 bridgehead atoms. The van der Waals surface area contributed by atoms with Crippen molar-refractivity contribution in [3.05, 3.63) is 98.7 Å². The lowest BCUT2D eigenvalue weighted by Crippen LogP contribution is -2.29. The van der Waals surface area contributed by atoms with Crippen LogP contribution in [-0.4, -0.2) is 20.8 Å². The third kappa shape index (κ3) is 6.00. The van der Waals surface area contributed by atoms with Crippen LogP contribution in [0.1, 0.15) is 22.5 Å². The Morgan fingerprint density at radius 2 is 1.79 bits per heavy atom. The third-order valence-corrected chi connectivity index (χ3v) is 6.98. The number of anilines is 1. The van der Waals surface area contributed by atoms with Gasteiger partial charge < -0.3 is 10.6 Å². The van der Waals surface area contributed by atoms with Gasteiger partial charge in [0.2, 0.25) is 0 Å². The van der Waals surface area contributed by atoms with Gasteiger partial charge in [0, 0.05) is 20.9 Å². The number of hydrogen-bond donors (Lipinski definition) is 2. The lowest BCUT2D eigenvalue weighted by molar-refractivity contribution is 0.251. The summed E-state index contributed by atoms with van der Waals surface area (Å²) in [5, 5.41) is 15.9. The van der Waals surface area contributed by atoms with Crippen molar-refractivity contribution in [2.24, 2.45) is 0 Å². The van der Waals surface area contributed by atoms with Crippen LogP contribution in [0.15, 0.2) is 76.4 Å². The van der Waals surface area contributed by atoms with Crippen molar-refractivity contribution in [3.8, 4) is 5.69 Å². The van der Waals surface area contributed by atoms with Gasteiger partial charge >= 0.3 is 6.03 Å². The number of aryl methyl sites for hydroxylation is 2. The Labute approximate surface area is 216 Å². The summed E-state index contributed by atoms with van der Waals surface area (Å²) < 4.78 is 2.91. The summed E-state index contributed by atoms with van der Waals surface area (Å²) in [7, 11) is 0. The van der Waals surface area contributed by atoms with Gasteiger partial charge in [-0.3, -0.25) is 4.57 Å². The number of urea groups is 1. The summed E-state index contributed by atoms with van der Waals surface area (Å²) in [6.45, 7) is 4.31. The number of rotatable bonds is 7. The van der Waals surface area contributed by atoms with E-state index in [1.165, 1.54) is 11.1 Å². The molecule has 0 saturated heterocycles. The summed E-state index contributed by atoms with van der Waals surface area (Å²) in [6, 6.07) is 21.0. The average molecular weight is 557 g/mol. The number of halogens is 2. The number of aromatic nitrogens is 3. The van der Waals surface area contributed by atoms with E-state index in [0.717, 1.165) is 26.6 Å². The second-order valence-electron chi connectivity index (χ2n) is 7.69. The topological polar surface area (TPSA) is 71.8 Å². The molecule has 0 spiro atoms. The van der Waals surface area contributed by atoms with Crippen molar-refractivity contribution in [1.29, 1.82) is 0 Å². The van der Waals surface area contributed by atoms with Crippen molar-refractivity contribution in [2.45, 2.75) is 31.3 Å². The van der Waals surface area contributed by atoms with E-state index < -0.39 is 0 Å². The van der Waals surface area contributed by atoms with Crippen LogP contribution in [0.4, 0.5) is 10.5 Å². The molecule has 0 aliphatic carbocycles. The Morgan fingerprint density at radius 1 is 1.03 bits per heavy atom. The predicted molar refractivity (Wildman–Crippen MR) is 142 cm³/mol. The second-order valence-corrected chi connectivity index (χ2v) is 9.99. The van der Waals surface area contributed by atoms with E-state index in [1.807, 2.05) is 66.1 Å². The van der Waals surface area contributed by atoms with E-state index in [1.54, 1.807) is 11.8 Å². The molecule has 34 heavy (non-hydrogen) atoms. The molecule has 4 rings (SSSR count). The van der Waals surface area contributed by atoms with E-state index in [2.05, 4.69) is 55.8 Å². The van der Waals surface area contributed by atoms with E-state index in [9.17, 15) is 4.79 Å². The van der Waals surface area contributed by atoms with Gasteiger partial charge in [-0.2, -0.15) is 0 Å². The van der Waals surface area contributed by atoms with Gasteiger partial charge in [-0.15, -0.1) is 10.2 Å². The first-order valence-electron chi connectivity index (χ1n) is 10.6. The number of carbonyl (C=O) groups is 1. The molecule has 2 N–H and O–H groups in total. The van der Waals surface area contributed by atoms with Crippen LogP contribution in [0.2, 0.25) is 5.02 Å². The Hall–Kier alpha value is -2.81.